The summed E-state index contributed by atoms with van der Waals surface area (Å²) in [5.41, 5.74) is 3.52. The third kappa shape index (κ3) is 4.56. The number of rotatable bonds is 6. The Bertz CT molecular complexity index is 1180. The van der Waals surface area contributed by atoms with Crippen molar-refractivity contribution in [2.24, 2.45) is 0 Å². The van der Waals surface area contributed by atoms with Crippen LogP contribution in [0.2, 0.25) is 0 Å². The quantitative estimate of drug-likeness (QED) is 0.625. The van der Waals surface area contributed by atoms with Crippen molar-refractivity contribution in [1.82, 2.24) is 0 Å². The highest BCUT2D eigenvalue weighted by Gasteiger charge is 2.26. The minimum Gasteiger partial charge on any atom is -0.483 e. The van der Waals surface area contributed by atoms with Crippen molar-refractivity contribution in [2.45, 2.75) is 20.4 Å². The maximum Gasteiger partial charge on any atom is 0.265 e. The van der Waals surface area contributed by atoms with Crippen LogP contribution < -0.4 is 19.7 Å². The zero-order valence-corrected chi connectivity index (χ0v) is 17.9. The van der Waals surface area contributed by atoms with E-state index < -0.39 is 0 Å². The van der Waals surface area contributed by atoms with Crippen molar-refractivity contribution >= 4 is 23.2 Å². The number of nitrogens with one attached hydrogen (secondary N) is 1. The molecule has 0 bridgehead atoms. The molecule has 1 aliphatic heterocycles. The Hall–Kier alpha value is -3.87. The van der Waals surface area contributed by atoms with Crippen LogP contribution >= 0.6 is 0 Å². The van der Waals surface area contributed by atoms with Gasteiger partial charge in [-0.25, -0.2) is 4.39 Å². The molecule has 0 radical (unpaired) electrons. The van der Waals surface area contributed by atoms with E-state index in [1.807, 2.05) is 32.0 Å². The van der Waals surface area contributed by atoms with Gasteiger partial charge in [-0.1, -0.05) is 30.3 Å². The fourth-order valence-corrected chi connectivity index (χ4v) is 3.47. The van der Waals surface area contributed by atoms with Crippen molar-refractivity contribution in [3.63, 3.8) is 0 Å². The first kappa shape index (κ1) is 21.4. The normalized spacial score (nSPS) is 12.7. The van der Waals surface area contributed by atoms with E-state index in [9.17, 15) is 14.0 Å². The standard InChI is InChI=1S/C25H23FN2O4/c1-16-6-5-9-22(17(16)2)31-14-24(29)27-19-10-11-21-23(12-19)32-15-25(30)28(21)13-18-7-3-4-8-20(18)26/h3-12H,13-15H2,1-2H3,(H,27,29). The molecule has 0 unspecified atom stereocenters. The summed E-state index contributed by atoms with van der Waals surface area (Å²) in [5.74, 6) is 0.145. The van der Waals surface area contributed by atoms with Crippen molar-refractivity contribution in [3.8, 4) is 11.5 Å². The fourth-order valence-electron chi connectivity index (χ4n) is 3.47. The molecule has 0 atom stereocenters. The number of carbonyl (C=O) groups is 2. The van der Waals surface area contributed by atoms with Crippen LogP contribution in [0.4, 0.5) is 15.8 Å². The van der Waals surface area contributed by atoms with Crippen molar-refractivity contribution < 1.29 is 23.5 Å². The molecule has 32 heavy (non-hydrogen) atoms. The molecule has 3 aromatic carbocycles. The molecule has 2 amide bonds. The molecule has 1 N–H and O–H groups in total. The first-order chi connectivity index (χ1) is 15.4. The Balaban J connectivity index is 1.45. The highest BCUT2D eigenvalue weighted by Crippen LogP contribution is 2.35. The summed E-state index contributed by atoms with van der Waals surface area (Å²) in [4.78, 5) is 26.2. The summed E-state index contributed by atoms with van der Waals surface area (Å²) < 4.78 is 25.3. The summed E-state index contributed by atoms with van der Waals surface area (Å²) in [5, 5.41) is 2.77. The number of anilines is 2. The average Bonchev–Trinajstić information content (AvgIpc) is 2.78. The molecule has 1 aliphatic rings. The van der Waals surface area contributed by atoms with E-state index >= 15 is 0 Å². The van der Waals surface area contributed by atoms with E-state index in [0.717, 1.165) is 11.1 Å². The molecular formula is C25H23FN2O4. The van der Waals surface area contributed by atoms with Gasteiger partial charge in [-0.15, -0.1) is 0 Å². The van der Waals surface area contributed by atoms with E-state index in [0.29, 0.717) is 28.4 Å². The van der Waals surface area contributed by atoms with Gasteiger partial charge in [0, 0.05) is 17.3 Å². The first-order valence-corrected chi connectivity index (χ1v) is 10.2. The zero-order valence-electron chi connectivity index (χ0n) is 17.9. The minimum atomic E-state index is -0.374. The van der Waals surface area contributed by atoms with E-state index in [1.54, 1.807) is 36.4 Å². The number of hydrogen-bond acceptors (Lipinski definition) is 4. The lowest BCUT2D eigenvalue weighted by atomic mass is 10.1. The van der Waals surface area contributed by atoms with Gasteiger partial charge in [0.1, 0.15) is 17.3 Å². The van der Waals surface area contributed by atoms with Crippen molar-refractivity contribution in [1.29, 1.82) is 0 Å². The van der Waals surface area contributed by atoms with Crippen LogP contribution in [0.15, 0.2) is 60.7 Å². The largest absolute Gasteiger partial charge is 0.483 e. The van der Waals surface area contributed by atoms with Gasteiger partial charge in [-0.2, -0.15) is 0 Å². The number of benzene rings is 3. The molecule has 1 heterocycles. The van der Waals surface area contributed by atoms with Gasteiger partial charge in [0.05, 0.1) is 12.2 Å². The summed E-state index contributed by atoms with van der Waals surface area (Å²) >= 11 is 0. The first-order valence-electron chi connectivity index (χ1n) is 10.2. The lowest BCUT2D eigenvalue weighted by molar-refractivity contribution is -0.121. The predicted octanol–water partition coefficient (Wildman–Crippen LogP) is 4.39. The Morgan fingerprint density at radius 3 is 2.75 bits per heavy atom. The van der Waals surface area contributed by atoms with Gasteiger partial charge in [0.15, 0.2) is 13.2 Å². The Morgan fingerprint density at radius 2 is 1.94 bits per heavy atom. The molecule has 3 aromatic rings. The monoisotopic (exact) mass is 434 g/mol. The van der Waals surface area contributed by atoms with Crippen molar-refractivity contribution in [2.75, 3.05) is 23.4 Å². The minimum absolute atomic E-state index is 0.0945. The highest BCUT2D eigenvalue weighted by molar-refractivity contribution is 5.99. The van der Waals surface area contributed by atoms with Crippen LogP contribution in [-0.4, -0.2) is 25.0 Å². The smallest absolute Gasteiger partial charge is 0.265 e. The van der Waals surface area contributed by atoms with Crippen molar-refractivity contribution in [3.05, 3.63) is 83.2 Å². The number of fused-ring (bicyclic) bond motifs is 1. The van der Waals surface area contributed by atoms with Crippen LogP contribution in [0.1, 0.15) is 16.7 Å². The number of aryl methyl sites for hydroxylation is 1. The summed E-state index contributed by atoms with van der Waals surface area (Å²) in [6, 6.07) is 17.0. The van der Waals surface area contributed by atoms with E-state index in [2.05, 4.69) is 5.32 Å². The van der Waals surface area contributed by atoms with E-state index in [1.165, 1.54) is 11.0 Å². The molecule has 0 spiro atoms. The van der Waals surface area contributed by atoms with E-state index in [-0.39, 0.29) is 37.4 Å². The molecule has 6 nitrogen and oxygen atoms in total. The van der Waals surface area contributed by atoms with Crippen LogP contribution in [0.3, 0.4) is 0 Å². The zero-order chi connectivity index (χ0) is 22.7. The number of amides is 2. The molecule has 4 rings (SSSR count). The van der Waals surface area contributed by atoms with Crippen LogP contribution in [-0.2, 0) is 16.1 Å². The third-order valence-electron chi connectivity index (χ3n) is 5.39. The maximum atomic E-state index is 14.1. The van der Waals surface area contributed by atoms with Gasteiger partial charge >= 0.3 is 0 Å². The highest BCUT2D eigenvalue weighted by atomic mass is 19.1. The number of carbonyl (C=O) groups excluding carboxylic acids is 2. The second-order valence-corrected chi connectivity index (χ2v) is 7.58. The van der Waals surface area contributed by atoms with Crippen LogP contribution in [0.5, 0.6) is 11.5 Å². The Morgan fingerprint density at radius 1 is 1.12 bits per heavy atom. The SMILES string of the molecule is Cc1cccc(OCC(=O)Nc2ccc3c(c2)OCC(=O)N3Cc2ccccc2F)c1C. The molecule has 7 heteroatoms. The summed E-state index contributed by atoms with van der Waals surface area (Å²) in [6.45, 7) is 3.72. The van der Waals surface area contributed by atoms with Crippen LogP contribution in [0, 0.1) is 19.7 Å². The van der Waals surface area contributed by atoms with Gasteiger partial charge in [-0.05, 0) is 49.2 Å². The number of halogens is 1. The lowest BCUT2D eigenvalue weighted by Gasteiger charge is -2.30. The van der Waals surface area contributed by atoms with Gasteiger partial charge in [0.25, 0.3) is 11.8 Å². The predicted molar refractivity (Wildman–Crippen MR) is 120 cm³/mol. The average molecular weight is 434 g/mol. The lowest BCUT2D eigenvalue weighted by Crippen LogP contribution is -2.38. The van der Waals surface area contributed by atoms with E-state index in [4.69, 9.17) is 9.47 Å². The molecule has 0 fully saturated rings. The maximum absolute atomic E-state index is 14.1. The Labute approximate surface area is 185 Å². The third-order valence-corrected chi connectivity index (χ3v) is 5.39. The second-order valence-electron chi connectivity index (χ2n) is 7.58. The molecule has 0 saturated heterocycles. The number of hydrogen-bond donors (Lipinski definition) is 1. The summed E-state index contributed by atoms with van der Waals surface area (Å²) in [6.07, 6.45) is 0. The fraction of sp³-hybridized carbons (Fsp3) is 0.200. The summed E-state index contributed by atoms with van der Waals surface area (Å²) in [7, 11) is 0. The molecule has 164 valence electrons. The topological polar surface area (TPSA) is 67.9 Å². The molecular weight excluding hydrogens is 411 g/mol. The molecule has 0 aromatic heterocycles. The molecule has 0 aliphatic carbocycles. The Kier molecular flexibility index (Phi) is 6.07. The number of nitrogens with zero attached hydrogens (tertiary/aromatic N) is 1. The van der Waals surface area contributed by atoms with Crippen LogP contribution in [0.25, 0.3) is 0 Å². The van der Waals surface area contributed by atoms with Gasteiger partial charge in [-0.3, -0.25) is 9.59 Å². The van der Waals surface area contributed by atoms with Gasteiger partial charge < -0.3 is 19.7 Å². The second kappa shape index (κ2) is 9.09. The van der Waals surface area contributed by atoms with Gasteiger partial charge in [0.2, 0.25) is 0 Å². The number of ether oxygens (including phenoxy) is 2. The molecule has 0 saturated carbocycles.